The molecule has 186 valence electrons. The fourth-order valence-electron chi connectivity index (χ4n) is 5.03. The van der Waals surface area contributed by atoms with Gasteiger partial charge >= 0.3 is 6.18 Å². The van der Waals surface area contributed by atoms with Crippen LogP contribution in [0, 0.1) is 0 Å². The van der Waals surface area contributed by atoms with Crippen LogP contribution in [0.5, 0.6) is 0 Å². The largest absolute Gasteiger partial charge is 0.405 e. The Bertz CT molecular complexity index is 1300. The van der Waals surface area contributed by atoms with Crippen molar-refractivity contribution in [2.75, 3.05) is 12.3 Å². The van der Waals surface area contributed by atoms with Crippen molar-refractivity contribution in [1.82, 2.24) is 10.3 Å². The first kappa shape index (κ1) is 24.8. The second kappa shape index (κ2) is 10.3. The lowest BCUT2D eigenvalue weighted by molar-refractivity contribution is -0.141. The number of hydrogen-bond donors (Lipinski definition) is 1. The molecule has 3 aromatic carbocycles. The highest BCUT2D eigenvalue weighted by Gasteiger charge is 2.49. The summed E-state index contributed by atoms with van der Waals surface area (Å²) >= 11 is 3.41. The van der Waals surface area contributed by atoms with Gasteiger partial charge in [0, 0.05) is 5.75 Å². The summed E-state index contributed by atoms with van der Waals surface area (Å²) in [6, 6.07) is 23.2. The van der Waals surface area contributed by atoms with Gasteiger partial charge in [-0.25, -0.2) is 4.98 Å². The number of halogens is 3. The molecule has 0 aliphatic heterocycles. The molecule has 0 spiro atoms. The molecule has 0 bridgehead atoms. The van der Waals surface area contributed by atoms with Gasteiger partial charge in [-0.2, -0.15) is 13.2 Å². The first-order chi connectivity index (χ1) is 17.4. The van der Waals surface area contributed by atoms with E-state index >= 15 is 0 Å². The Balaban J connectivity index is 1.30. The van der Waals surface area contributed by atoms with E-state index in [2.05, 4.69) is 16.4 Å². The molecule has 8 heteroatoms. The molecule has 1 N–H and O–H groups in total. The Morgan fingerprint density at radius 1 is 0.889 bits per heavy atom. The number of rotatable bonds is 9. The standard InChI is InChI=1S/C28H25F3N2OS2/c29-28(30,31)18-32-25(34)27(21-12-4-2-10-19(21)20-11-3-5-13-22(20)27)16-8-1-9-17-35-26-33-23-14-6-7-15-24(23)36-26/h2-7,10-15H,1,8-9,16-18H2,(H,32,34). The Hall–Kier alpha value is -2.84. The summed E-state index contributed by atoms with van der Waals surface area (Å²) in [5, 5.41) is 2.20. The monoisotopic (exact) mass is 526 g/mol. The minimum Gasteiger partial charge on any atom is -0.346 e. The molecule has 0 unspecified atom stereocenters. The Morgan fingerprint density at radius 3 is 2.19 bits per heavy atom. The third-order valence-electron chi connectivity index (χ3n) is 6.60. The summed E-state index contributed by atoms with van der Waals surface area (Å²) in [5.74, 6) is 0.321. The summed E-state index contributed by atoms with van der Waals surface area (Å²) in [4.78, 5) is 18.2. The number of alkyl halides is 3. The number of carbonyl (C=O) groups excluding carboxylic acids is 1. The van der Waals surface area contributed by atoms with Crippen LogP contribution in [0.2, 0.25) is 0 Å². The van der Waals surface area contributed by atoms with Gasteiger partial charge in [-0.15, -0.1) is 11.3 Å². The van der Waals surface area contributed by atoms with Gasteiger partial charge in [0.25, 0.3) is 0 Å². The summed E-state index contributed by atoms with van der Waals surface area (Å²) < 4.78 is 41.2. The molecule has 0 saturated carbocycles. The average Bonchev–Trinajstić information content (AvgIpc) is 3.42. The smallest absolute Gasteiger partial charge is 0.346 e. The summed E-state index contributed by atoms with van der Waals surface area (Å²) in [5.41, 5.74) is 3.29. The maximum absolute atomic E-state index is 13.5. The number of amides is 1. The van der Waals surface area contributed by atoms with E-state index in [4.69, 9.17) is 0 Å². The average molecular weight is 527 g/mol. The summed E-state index contributed by atoms with van der Waals surface area (Å²) in [6.07, 6.45) is -1.48. The maximum Gasteiger partial charge on any atom is 0.405 e. The molecule has 4 aromatic rings. The van der Waals surface area contributed by atoms with Crippen molar-refractivity contribution in [1.29, 1.82) is 0 Å². The van der Waals surface area contributed by atoms with Crippen LogP contribution in [0.1, 0.15) is 36.8 Å². The zero-order valence-electron chi connectivity index (χ0n) is 19.5. The number of nitrogens with zero attached hydrogens (tertiary/aromatic N) is 1. The van der Waals surface area contributed by atoms with Crippen molar-refractivity contribution >= 4 is 39.2 Å². The van der Waals surface area contributed by atoms with E-state index in [9.17, 15) is 18.0 Å². The predicted molar refractivity (Wildman–Crippen MR) is 141 cm³/mol. The van der Waals surface area contributed by atoms with Gasteiger partial charge in [-0.1, -0.05) is 85.3 Å². The van der Waals surface area contributed by atoms with Gasteiger partial charge in [0.05, 0.1) is 10.2 Å². The lowest BCUT2D eigenvalue weighted by atomic mass is 9.73. The molecule has 1 aliphatic rings. The zero-order chi connectivity index (χ0) is 25.2. The van der Waals surface area contributed by atoms with Gasteiger partial charge in [0.2, 0.25) is 5.91 Å². The van der Waals surface area contributed by atoms with E-state index in [1.807, 2.05) is 66.7 Å². The Kier molecular flexibility index (Phi) is 7.08. The van der Waals surface area contributed by atoms with Crippen LogP contribution in [-0.2, 0) is 10.2 Å². The molecule has 3 nitrogen and oxygen atoms in total. The highest BCUT2D eigenvalue weighted by molar-refractivity contribution is 8.01. The number of nitrogens with one attached hydrogen (secondary N) is 1. The predicted octanol–water partition coefficient (Wildman–Crippen LogP) is 7.59. The molecule has 1 heterocycles. The third-order valence-corrected chi connectivity index (χ3v) is 8.86. The minimum absolute atomic E-state index is 0.455. The number of benzene rings is 3. The van der Waals surface area contributed by atoms with Crippen molar-refractivity contribution in [3.63, 3.8) is 0 Å². The number of fused-ring (bicyclic) bond motifs is 4. The molecule has 0 saturated heterocycles. The maximum atomic E-state index is 13.5. The van der Waals surface area contributed by atoms with E-state index < -0.39 is 24.0 Å². The molecule has 1 aliphatic carbocycles. The lowest BCUT2D eigenvalue weighted by Gasteiger charge is -2.31. The molecule has 0 fully saturated rings. The zero-order valence-corrected chi connectivity index (χ0v) is 21.1. The molecule has 1 aromatic heterocycles. The number of unbranched alkanes of at least 4 members (excludes halogenated alkanes) is 2. The fourth-order valence-corrected chi connectivity index (χ4v) is 7.16. The second-order valence-corrected chi connectivity index (χ2v) is 11.3. The van der Waals surface area contributed by atoms with Gasteiger partial charge in [-0.05, 0) is 47.2 Å². The van der Waals surface area contributed by atoms with E-state index in [-0.39, 0.29) is 0 Å². The molecule has 1 amide bonds. The quantitative estimate of drug-likeness (QED) is 0.180. The van der Waals surface area contributed by atoms with Crippen molar-refractivity contribution in [3.8, 4) is 11.1 Å². The van der Waals surface area contributed by atoms with Gasteiger partial charge < -0.3 is 5.32 Å². The van der Waals surface area contributed by atoms with Crippen LogP contribution in [0.3, 0.4) is 0 Å². The Labute approximate surface area is 216 Å². The second-order valence-electron chi connectivity index (χ2n) is 8.90. The molecule has 0 atom stereocenters. The van der Waals surface area contributed by atoms with Gasteiger partial charge in [-0.3, -0.25) is 4.79 Å². The van der Waals surface area contributed by atoms with Crippen LogP contribution in [0.4, 0.5) is 13.2 Å². The normalized spacial score (nSPS) is 14.0. The van der Waals surface area contributed by atoms with E-state index in [1.165, 1.54) is 4.70 Å². The SMILES string of the molecule is O=C(NCC(F)(F)F)C1(CCCCCSc2nc3ccccc3s2)c2ccccc2-c2ccccc21. The number of thioether (sulfide) groups is 1. The topological polar surface area (TPSA) is 42.0 Å². The fraction of sp³-hybridized carbons (Fsp3) is 0.286. The first-order valence-electron chi connectivity index (χ1n) is 11.9. The molecule has 5 rings (SSSR count). The number of hydrogen-bond acceptors (Lipinski definition) is 4. The summed E-state index contributed by atoms with van der Waals surface area (Å²) in [6.45, 7) is -1.34. The highest BCUT2D eigenvalue weighted by atomic mass is 32.2. The first-order valence-corrected chi connectivity index (χ1v) is 13.7. The number of aromatic nitrogens is 1. The van der Waals surface area contributed by atoms with Crippen molar-refractivity contribution in [3.05, 3.63) is 83.9 Å². The van der Waals surface area contributed by atoms with Crippen LogP contribution >= 0.6 is 23.1 Å². The minimum atomic E-state index is -4.47. The van der Waals surface area contributed by atoms with Crippen molar-refractivity contribution in [2.45, 2.75) is 41.6 Å². The van der Waals surface area contributed by atoms with Crippen LogP contribution in [0.15, 0.2) is 77.1 Å². The van der Waals surface area contributed by atoms with Crippen LogP contribution in [-0.4, -0.2) is 29.4 Å². The number of para-hydroxylation sites is 1. The van der Waals surface area contributed by atoms with E-state index in [1.54, 1.807) is 23.1 Å². The molecule has 36 heavy (non-hydrogen) atoms. The highest BCUT2D eigenvalue weighted by Crippen LogP contribution is 2.51. The molecular formula is C28H25F3N2OS2. The molecule has 0 radical (unpaired) electrons. The number of thiazole rings is 1. The van der Waals surface area contributed by atoms with Crippen LogP contribution in [0.25, 0.3) is 21.3 Å². The summed E-state index contributed by atoms with van der Waals surface area (Å²) in [7, 11) is 0. The van der Waals surface area contributed by atoms with E-state index in [0.717, 1.165) is 57.1 Å². The van der Waals surface area contributed by atoms with Gasteiger partial charge in [0.15, 0.2) is 4.34 Å². The van der Waals surface area contributed by atoms with Crippen molar-refractivity contribution in [2.24, 2.45) is 0 Å². The molecular weight excluding hydrogens is 501 g/mol. The van der Waals surface area contributed by atoms with Crippen LogP contribution < -0.4 is 5.32 Å². The third kappa shape index (κ3) is 4.89. The van der Waals surface area contributed by atoms with Crippen molar-refractivity contribution < 1.29 is 18.0 Å². The lowest BCUT2D eigenvalue weighted by Crippen LogP contribution is -2.47. The number of carbonyl (C=O) groups is 1. The van der Waals surface area contributed by atoms with E-state index in [0.29, 0.717) is 6.42 Å². The Morgan fingerprint density at radius 2 is 1.53 bits per heavy atom. The van der Waals surface area contributed by atoms with Gasteiger partial charge in [0.1, 0.15) is 12.0 Å².